The van der Waals surface area contributed by atoms with E-state index in [0.717, 1.165) is 48.6 Å². The van der Waals surface area contributed by atoms with Crippen LogP contribution in [0.2, 0.25) is 0 Å². The van der Waals surface area contributed by atoms with E-state index in [-0.39, 0.29) is 12.0 Å². The fourth-order valence-corrected chi connectivity index (χ4v) is 3.99. The van der Waals surface area contributed by atoms with Crippen LogP contribution in [-0.2, 0) is 4.74 Å². The molecule has 5 nitrogen and oxygen atoms in total. The Labute approximate surface area is 166 Å². The van der Waals surface area contributed by atoms with E-state index < -0.39 is 0 Å². The highest BCUT2D eigenvalue weighted by molar-refractivity contribution is 5.94. The van der Waals surface area contributed by atoms with Gasteiger partial charge in [-0.25, -0.2) is 0 Å². The molecule has 0 bridgehead atoms. The minimum Gasteiger partial charge on any atom is -0.494 e. The number of methoxy groups -OCH3 is 1. The van der Waals surface area contributed by atoms with Gasteiger partial charge in [-0.3, -0.25) is 9.78 Å². The molecule has 0 unspecified atom stereocenters. The number of pyridine rings is 1. The number of rotatable bonds is 7. The van der Waals surface area contributed by atoms with E-state index in [1.54, 1.807) is 13.3 Å². The molecule has 1 atom stereocenters. The van der Waals surface area contributed by atoms with Gasteiger partial charge in [0.15, 0.2) is 0 Å². The average molecular weight is 380 g/mol. The molecule has 1 saturated carbocycles. The molecule has 1 aliphatic heterocycles. The lowest BCUT2D eigenvalue weighted by Crippen LogP contribution is -2.41. The summed E-state index contributed by atoms with van der Waals surface area (Å²) in [7, 11) is 1.64. The molecular formula is C23H28N2O3. The third kappa shape index (κ3) is 4.20. The van der Waals surface area contributed by atoms with Crippen molar-refractivity contribution in [3.63, 3.8) is 0 Å². The van der Waals surface area contributed by atoms with Crippen LogP contribution in [-0.4, -0.2) is 48.7 Å². The molecule has 1 aliphatic carbocycles. The number of benzene rings is 1. The van der Waals surface area contributed by atoms with Crippen molar-refractivity contribution in [2.75, 3.05) is 26.8 Å². The molecule has 1 saturated heterocycles. The van der Waals surface area contributed by atoms with Gasteiger partial charge in [-0.15, -0.1) is 0 Å². The maximum atomic E-state index is 13.2. The number of hydrogen-bond donors (Lipinski definition) is 0. The Morgan fingerprint density at radius 3 is 2.61 bits per heavy atom. The Bertz CT molecular complexity index is 796. The van der Waals surface area contributed by atoms with Crippen LogP contribution in [0.1, 0.15) is 42.5 Å². The van der Waals surface area contributed by atoms with E-state index in [2.05, 4.69) is 4.98 Å². The first kappa shape index (κ1) is 18.9. The first-order valence-corrected chi connectivity index (χ1v) is 10.2. The Morgan fingerprint density at radius 2 is 1.96 bits per heavy atom. The zero-order valence-electron chi connectivity index (χ0n) is 16.5. The molecule has 1 aromatic carbocycles. The summed E-state index contributed by atoms with van der Waals surface area (Å²) in [5.41, 5.74) is 2.45. The van der Waals surface area contributed by atoms with Gasteiger partial charge in [0.25, 0.3) is 5.91 Å². The maximum Gasteiger partial charge on any atom is 0.253 e. The predicted octanol–water partition coefficient (Wildman–Crippen LogP) is 4.18. The van der Waals surface area contributed by atoms with Crippen molar-refractivity contribution in [2.24, 2.45) is 5.92 Å². The molecule has 2 aromatic rings. The molecule has 2 fully saturated rings. The van der Waals surface area contributed by atoms with Crippen LogP contribution in [0.25, 0.3) is 11.3 Å². The lowest BCUT2D eigenvalue weighted by Gasteiger charge is -2.33. The van der Waals surface area contributed by atoms with E-state index in [4.69, 9.17) is 9.47 Å². The number of aromatic nitrogens is 1. The minimum atomic E-state index is 0.0990. The fraction of sp³-hybridized carbons (Fsp3) is 0.478. The number of ether oxygens (including phenoxy) is 2. The smallest absolute Gasteiger partial charge is 0.253 e. The fourth-order valence-electron chi connectivity index (χ4n) is 3.99. The molecule has 1 aromatic heterocycles. The van der Waals surface area contributed by atoms with Crippen molar-refractivity contribution < 1.29 is 14.3 Å². The number of nitrogens with zero attached hydrogens (tertiary/aromatic N) is 2. The van der Waals surface area contributed by atoms with Crippen molar-refractivity contribution in [3.05, 3.63) is 48.2 Å². The third-order valence-corrected chi connectivity index (χ3v) is 5.83. The van der Waals surface area contributed by atoms with Crippen molar-refractivity contribution in [2.45, 2.75) is 38.2 Å². The minimum absolute atomic E-state index is 0.0990. The summed E-state index contributed by atoms with van der Waals surface area (Å²) in [6, 6.07) is 11.4. The molecule has 28 heavy (non-hydrogen) atoms. The molecule has 0 spiro atoms. The highest BCUT2D eigenvalue weighted by Crippen LogP contribution is 2.30. The van der Waals surface area contributed by atoms with Gasteiger partial charge >= 0.3 is 0 Å². The third-order valence-electron chi connectivity index (χ3n) is 5.83. The molecule has 0 radical (unpaired) electrons. The van der Waals surface area contributed by atoms with Gasteiger partial charge in [0.2, 0.25) is 0 Å². The van der Waals surface area contributed by atoms with Crippen molar-refractivity contribution in [1.82, 2.24) is 9.88 Å². The summed E-state index contributed by atoms with van der Waals surface area (Å²) in [6.07, 6.45) is 7.82. The molecular weight excluding hydrogens is 352 g/mol. The second-order valence-electron chi connectivity index (χ2n) is 7.77. The summed E-state index contributed by atoms with van der Waals surface area (Å²) in [5, 5.41) is 0. The van der Waals surface area contributed by atoms with E-state index in [0.29, 0.717) is 12.5 Å². The monoisotopic (exact) mass is 380 g/mol. The predicted molar refractivity (Wildman–Crippen MR) is 108 cm³/mol. The normalized spacial score (nSPS) is 19.2. The van der Waals surface area contributed by atoms with Gasteiger partial charge in [0.1, 0.15) is 11.4 Å². The van der Waals surface area contributed by atoms with Crippen molar-refractivity contribution in [1.29, 1.82) is 0 Å². The first-order valence-electron chi connectivity index (χ1n) is 10.2. The van der Waals surface area contributed by atoms with Crippen molar-refractivity contribution >= 4 is 5.91 Å². The second-order valence-corrected chi connectivity index (χ2v) is 7.77. The van der Waals surface area contributed by atoms with Crippen LogP contribution in [0.4, 0.5) is 0 Å². The van der Waals surface area contributed by atoms with E-state index in [1.165, 1.54) is 19.3 Å². The Morgan fingerprint density at radius 1 is 1.14 bits per heavy atom. The second kappa shape index (κ2) is 8.74. The standard InChI is InChI=1S/C23H28N2O3/c1-27-21-8-3-13-24-22(21)18-9-11-19(12-10-18)23(26)25(15-17-5-2-6-17)16-20-7-4-14-28-20/h3,8-13,17,20H,2,4-7,14-16H2,1H3/t20-/m0/s1. The van der Waals surface area contributed by atoms with Gasteiger partial charge in [0.05, 0.1) is 13.2 Å². The quantitative estimate of drug-likeness (QED) is 0.723. The highest BCUT2D eigenvalue weighted by atomic mass is 16.5. The SMILES string of the molecule is COc1cccnc1-c1ccc(C(=O)N(CC2CCC2)C[C@@H]2CCCO2)cc1. The summed E-state index contributed by atoms with van der Waals surface area (Å²) in [6.45, 7) is 2.36. The van der Waals surface area contributed by atoms with Gasteiger partial charge in [-0.2, -0.15) is 0 Å². The zero-order valence-corrected chi connectivity index (χ0v) is 16.5. The van der Waals surface area contributed by atoms with E-state index in [9.17, 15) is 4.79 Å². The van der Waals surface area contributed by atoms with Crippen LogP contribution in [0.5, 0.6) is 5.75 Å². The van der Waals surface area contributed by atoms with Gasteiger partial charge in [0, 0.05) is 37.0 Å². The molecule has 2 aliphatic rings. The van der Waals surface area contributed by atoms with Crippen molar-refractivity contribution in [3.8, 4) is 17.0 Å². The van der Waals surface area contributed by atoms with Gasteiger partial charge in [-0.05, 0) is 55.9 Å². The first-order chi connectivity index (χ1) is 13.7. The molecule has 4 rings (SSSR count). The lowest BCUT2D eigenvalue weighted by atomic mass is 9.85. The van der Waals surface area contributed by atoms with E-state index >= 15 is 0 Å². The molecule has 5 heteroatoms. The lowest BCUT2D eigenvalue weighted by molar-refractivity contribution is 0.0448. The van der Waals surface area contributed by atoms with Crippen LogP contribution in [0, 0.1) is 5.92 Å². The summed E-state index contributed by atoms with van der Waals surface area (Å²) < 4.78 is 11.2. The number of carbonyl (C=O) groups excluding carboxylic acids is 1. The summed E-state index contributed by atoms with van der Waals surface area (Å²) in [4.78, 5) is 19.6. The Balaban J connectivity index is 1.51. The van der Waals surface area contributed by atoms with Crippen LogP contribution < -0.4 is 4.74 Å². The van der Waals surface area contributed by atoms with E-state index in [1.807, 2.05) is 41.3 Å². The summed E-state index contributed by atoms with van der Waals surface area (Å²) >= 11 is 0. The van der Waals surface area contributed by atoms with Gasteiger partial charge < -0.3 is 14.4 Å². The molecule has 1 amide bonds. The van der Waals surface area contributed by atoms with Gasteiger partial charge in [-0.1, -0.05) is 18.6 Å². The van der Waals surface area contributed by atoms with Crippen LogP contribution >= 0.6 is 0 Å². The largest absolute Gasteiger partial charge is 0.494 e. The Kier molecular flexibility index (Phi) is 5.91. The van der Waals surface area contributed by atoms with Crippen LogP contribution in [0.3, 0.4) is 0 Å². The molecule has 148 valence electrons. The number of hydrogen-bond acceptors (Lipinski definition) is 4. The topological polar surface area (TPSA) is 51.7 Å². The summed E-state index contributed by atoms with van der Waals surface area (Å²) in [5.74, 6) is 1.47. The Hall–Kier alpha value is -2.40. The number of amides is 1. The maximum absolute atomic E-state index is 13.2. The zero-order chi connectivity index (χ0) is 19.3. The molecule has 0 N–H and O–H groups in total. The van der Waals surface area contributed by atoms with Crippen LogP contribution in [0.15, 0.2) is 42.6 Å². The highest BCUT2D eigenvalue weighted by Gasteiger charge is 2.28. The average Bonchev–Trinajstić information content (AvgIpc) is 3.22. The number of carbonyl (C=O) groups is 1. The molecule has 2 heterocycles.